The van der Waals surface area contributed by atoms with Crippen molar-refractivity contribution >= 4 is 60.8 Å². The van der Waals surface area contributed by atoms with E-state index >= 15 is 0 Å². The van der Waals surface area contributed by atoms with E-state index in [-0.39, 0.29) is 0 Å². The number of para-hydroxylation sites is 4. The third kappa shape index (κ3) is 5.51. The average molecular weight is 729 g/mol. The molecule has 3 nitrogen and oxygen atoms in total. The number of benzene rings is 9. The van der Waals surface area contributed by atoms with Gasteiger partial charge >= 0.3 is 0 Å². The van der Waals surface area contributed by atoms with Crippen molar-refractivity contribution in [3.63, 3.8) is 0 Å². The van der Waals surface area contributed by atoms with E-state index in [0.29, 0.717) is 0 Å². The first-order chi connectivity index (χ1) is 28.3. The maximum atomic E-state index is 6.52. The van der Waals surface area contributed by atoms with E-state index in [9.17, 15) is 0 Å². The first kappa shape index (κ1) is 32.8. The van der Waals surface area contributed by atoms with Gasteiger partial charge < -0.3 is 13.9 Å². The first-order valence-electron chi connectivity index (χ1n) is 19.4. The smallest absolute Gasteiger partial charge is 0.136 e. The summed E-state index contributed by atoms with van der Waals surface area (Å²) in [7, 11) is 0. The molecule has 0 bridgehead atoms. The predicted octanol–water partition coefficient (Wildman–Crippen LogP) is 15.2. The Bertz CT molecular complexity index is 3190. The molecule has 9 aromatic carbocycles. The van der Waals surface area contributed by atoms with Crippen LogP contribution in [0.3, 0.4) is 0 Å². The second-order valence-corrected chi connectivity index (χ2v) is 14.5. The quantitative estimate of drug-likeness (QED) is 0.163. The Hall–Kier alpha value is -7.62. The van der Waals surface area contributed by atoms with Crippen LogP contribution in [0.25, 0.3) is 82.8 Å². The summed E-state index contributed by atoms with van der Waals surface area (Å²) in [5.41, 5.74) is 15.2. The highest BCUT2D eigenvalue weighted by atomic mass is 16.3. The van der Waals surface area contributed by atoms with Crippen LogP contribution in [0.4, 0.5) is 17.1 Å². The number of hydrogen-bond donors (Lipinski definition) is 0. The lowest BCUT2D eigenvalue weighted by Crippen LogP contribution is -2.13. The van der Waals surface area contributed by atoms with Crippen LogP contribution in [0.2, 0.25) is 0 Å². The highest BCUT2D eigenvalue weighted by Crippen LogP contribution is 2.49. The number of hydrogen-bond acceptors (Lipinski definition) is 2. The third-order valence-corrected chi connectivity index (χ3v) is 11.2. The number of anilines is 3. The lowest BCUT2D eigenvalue weighted by molar-refractivity contribution is 0.669. The monoisotopic (exact) mass is 728 g/mol. The zero-order valence-corrected chi connectivity index (χ0v) is 31.1. The molecule has 0 atom stereocenters. The fraction of sp³-hybridized carbons (Fsp3) is 0. The second-order valence-electron chi connectivity index (χ2n) is 14.5. The Labute approximate surface area is 330 Å². The Morgan fingerprint density at radius 2 is 0.912 bits per heavy atom. The molecule has 0 fully saturated rings. The van der Waals surface area contributed by atoms with E-state index < -0.39 is 0 Å². The van der Waals surface area contributed by atoms with Gasteiger partial charge in [0, 0.05) is 44.0 Å². The molecule has 0 saturated carbocycles. The van der Waals surface area contributed by atoms with E-state index in [1.165, 1.54) is 21.8 Å². The van der Waals surface area contributed by atoms with Crippen molar-refractivity contribution in [3.05, 3.63) is 218 Å². The van der Waals surface area contributed by atoms with Crippen molar-refractivity contribution in [2.45, 2.75) is 0 Å². The van der Waals surface area contributed by atoms with E-state index in [4.69, 9.17) is 4.42 Å². The average Bonchev–Trinajstić information content (AvgIpc) is 3.83. The molecule has 2 heterocycles. The number of furan rings is 1. The zero-order valence-electron chi connectivity index (χ0n) is 31.1. The fourth-order valence-corrected chi connectivity index (χ4v) is 8.68. The molecule has 0 amide bonds. The number of nitrogens with zero attached hydrogens (tertiary/aromatic N) is 2. The molecule has 57 heavy (non-hydrogen) atoms. The molecule has 11 aromatic rings. The second kappa shape index (κ2) is 13.6. The fourth-order valence-electron chi connectivity index (χ4n) is 8.68. The van der Waals surface area contributed by atoms with Gasteiger partial charge in [-0.1, -0.05) is 158 Å². The lowest BCUT2D eigenvalue weighted by atomic mass is 9.91. The van der Waals surface area contributed by atoms with Crippen LogP contribution >= 0.6 is 0 Å². The molecule has 0 N–H and O–H groups in total. The topological polar surface area (TPSA) is 21.3 Å². The van der Waals surface area contributed by atoms with Gasteiger partial charge in [-0.3, -0.25) is 0 Å². The molecule has 11 rings (SSSR count). The van der Waals surface area contributed by atoms with Gasteiger partial charge in [0.05, 0.1) is 22.4 Å². The maximum Gasteiger partial charge on any atom is 0.136 e. The molecule has 0 spiro atoms. The molecule has 0 aliphatic heterocycles. The minimum atomic E-state index is 0.868. The molecule has 0 saturated heterocycles. The Morgan fingerprint density at radius 1 is 0.351 bits per heavy atom. The van der Waals surface area contributed by atoms with Crippen LogP contribution in [-0.2, 0) is 0 Å². The van der Waals surface area contributed by atoms with E-state index in [2.05, 4.69) is 216 Å². The van der Waals surface area contributed by atoms with Crippen molar-refractivity contribution in [1.29, 1.82) is 0 Å². The third-order valence-electron chi connectivity index (χ3n) is 11.2. The molecule has 0 aliphatic carbocycles. The minimum Gasteiger partial charge on any atom is -0.456 e. The summed E-state index contributed by atoms with van der Waals surface area (Å²) < 4.78 is 8.91. The Balaban J connectivity index is 1.21. The molecule has 2 aromatic heterocycles. The summed E-state index contributed by atoms with van der Waals surface area (Å²) in [6.45, 7) is 0. The molecule has 3 heteroatoms. The van der Waals surface area contributed by atoms with Crippen LogP contribution < -0.4 is 4.90 Å². The van der Waals surface area contributed by atoms with Crippen LogP contribution in [-0.4, -0.2) is 4.57 Å². The summed E-state index contributed by atoms with van der Waals surface area (Å²) in [5.74, 6) is 0. The van der Waals surface area contributed by atoms with Gasteiger partial charge in [0.2, 0.25) is 0 Å². The largest absolute Gasteiger partial charge is 0.456 e. The van der Waals surface area contributed by atoms with Gasteiger partial charge in [-0.2, -0.15) is 0 Å². The maximum absolute atomic E-state index is 6.52. The highest BCUT2D eigenvalue weighted by Gasteiger charge is 2.24. The molecule has 0 unspecified atom stereocenters. The molecule has 0 radical (unpaired) electrons. The number of aromatic nitrogens is 1. The summed E-state index contributed by atoms with van der Waals surface area (Å²) in [5, 5.41) is 4.71. The van der Waals surface area contributed by atoms with Gasteiger partial charge in [0.1, 0.15) is 11.2 Å². The van der Waals surface area contributed by atoms with Gasteiger partial charge in [0.15, 0.2) is 0 Å². The van der Waals surface area contributed by atoms with Crippen molar-refractivity contribution < 1.29 is 4.42 Å². The van der Waals surface area contributed by atoms with Gasteiger partial charge in [-0.25, -0.2) is 0 Å². The summed E-state index contributed by atoms with van der Waals surface area (Å²) in [6, 6.07) is 78.2. The molecule has 0 aliphatic rings. The normalized spacial score (nSPS) is 11.5. The van der Waals surface area contributed by atoms with Gasteiger partial charge in [0.25, 0.3) is 0 Å². The van der Waals surface area contributed by atoms with Crippen LogP contribution in [0.1, 0.15) is 0 Å². The molecular formula is C54H36N2O. The highest BCUT2D eigenvalue weighted by molar-refractivity contribution is 6.10. The van der Waals surface area contributed by atoms with Crippen molar-refractivity contribution in [2.24, 2.45) is 0 Å². The summed E-state index contributed by atoms with van der Waals surface area (Å²) in [4.78, 5) is 2.45. The van der Waals surface area contributed by atoms with Gasteiger partial charge in [-0.15, -0.1) is 0 Å². The van der Waals surface area contributed by atoms with Crippen molar-refractivity contribution in [1.82, 2.24) is 4.57 Å². The standard InChI is InChI=1S/C54H36N2O/c1-3-17-37(18-4-1)42-23-7-11-28-48(42)56(41-22-15-21-40(36-41)55-49-29-12-8-24-44(49)45-25-9-13-30-50(45)55)51-31-16-27-43(38-19-5-2-6-20-38)54(51)39-33-34-47-46-26-10-14-32-52(46)57-53(47)35-39/h1-36H. The zero-order chi connectivity index (χ0) is 37.7. The number of fused-ring (bicyclic) bond motifs is 6. The van der Waals surface area contributed by atoms with Gasteiger partial charge in [-0.05, 0) is 82.9 Å². The van der Waals surface area contributed by atoms with E-state index in [0.717, 1.165) is 78.1 Å². The van der Waals surface area contributed by atoms with Crippen LogP contribution in [0.5, 0.6) is 0 Å². The van der Waals surface area contributed by atoms with E-state index in [1.807, 2.05) is 12.1 Å². The predicted molar refractivity (Wildman–Crippen MR) is 239 cm³/mol. The van der Waals surface area contributed by atoms with Crippen molar-refractivity contribution in [2.75, 3.05) is 4.90 Å². The molecule has 268 valence electrons. The van der Waals surface area contributed by atoms with E-state index in [1.54, 1.807) is 0 Å². The number of rotatable bonds is 7. The first-order valence-corrected chi connectivity index (χ1v) is 19.4. The van der Waals surface area contributed by atoms with Crippen molar-refractivity contribution in [3.8, 4) is 39.1 Å². The summed E-state index contributed by atoms with van der Waals surface area (Å²) >= 11 is 0. The lowest BCUT2D eigenvalue weighted by Gasteiger charge is -2.31. The molecular weight excluding hydrogens is 693 g/mol. The van der Waals surface area contributed by atoms with Crippen LogP contribution in [0, 0.1) is 0 Å². The summed E-state index contributed by atoms with van der Waals surface area (Å²) in [6.07, 6.45) is 0. The Morgan fingerprint density at radius 3 is 1.67 bits per heavy atom. The minimum absolute atomic E-state index is 0.868. The Kier molecular flexibility index (Phi) is 7.82. The SMILES string of the molecule is c1ccc(-c2ccccc2N(c2cccc(-n3c4ccccc4c4ccccc43)c2)c2cccc(-c3ccccc3)c2-c2ccc3c(c2)oc2ccccc23)cc1. The van der Waals surface area contributed by atoms with Crippen LogP contribution in [0.15, 0.2) is 223 Å².